The summed E-state index contributed by atoms with van der Waals surface area (Å²) in [5.41, 5.74) is 0. The Morgan fingerprint density at radius 1 is 0.469 bits per heavy atom. The first-order valence-corrected chi connectivity index (χ1v) is 24.5. The van der Waals surface area contributed by atoms with Crippen molar-refractivity contribution in [2.75, 3.05) is 83.7 Å². The van der Waals surface area contributed by atoms with Gasteiger partial charge in [-0.25, -0.2) is 9.65 Å². The summed E-state index contributed by atoms with van der Waals surface area (Å²) in [4.78, 5) is 0. The molecule has 0 bridgehead atoms. The van der Waals surface area contributed by atoms with Crippen molar-refractivity contribution in [3.8, 4) is 0 Å². The number of nitrogens with zero attached hydrogens (tertiary/aromatic N) is 1. The van der Waals surface area contributed by atoms with Crippen molar-refractivity contribution in [3.05, 3.63) is 0 Å². The molecule has 0 aromatic carbocycles. The monoisotopic (exact) mass is 756 g/mol. The molecule has 7 nitrogen and oxygen atoms in total. The van der Waals surface area contributed by atoms with Gasteiger partial charge in [0, 0.05) is 13.2 Å². The highest BCUT2D eigenvalue weighted by Crippen LogP contribution is 2.44. The zero-order valence-corrected chi connectivity index (χ0v) is 35.3. The van der Waals surface area contributed by atoms with Crippen LogP contribution in [0.25, 0.3) is 0 Å². The molecule has 0 amide bonds. The van der Waals surface area contributed by atoms with E-state index >= 15 is 0 Å². The minimum Gasteiger partial charge on any atom is -0.396 e. The summed E-state index contributed by atoms with van der Waals surface area (Å²) in [7, 11) is 3.16. The summed E-state index contributed by atoms with van der Waals surface area (Å²) in [6, 6.07) is 0. The summed E-state index contributed by atoms with van der Waals surface area (Å²) in [6.07, 6.45) is 32.0. The van der Waals surface area contributed by atoms with Crippen LogP contribution in [-0.2, 0) is 13.6 Å². The average Bonchev–Trinajstić information content (AvgIpc) is 3.06. The Morgan fingerprint density at radius 3 is 1.06 bits per heavy atom. The van der Waals surface area contributed by atoms with Crippen LogP contribution in [0.4, 0.5) is 0 Å². The second kappa shape index (κ2) is 38.4. The number of thioether (sulfide) groups is 2. The van der Waals surface area contributed by atoms with E-state index in [9.17, 15) is 4.57 Å². The second-order valence-electron chi connectivity index (χ2n) is 15.0. The van der Waals surface area contributed by atoms with Gasteiger partial charge in [0.1, 0.15) is 0 Å². The summed E-state index contributed by atoms with van der Waals surface area (Å²) < 4.78 is 26.1. The Kier molecular flexibility index (Phi) is 39.0. The van der Waals surface area contributed by atoms with Crippen molar-refractivity contribution in [2.24, 2.45) is 0 Å². The molecule has 49 heavy (non-hydrogen) atoms. The topological polar surface area (TPSA) is 88.0 Å². The number of nitrogens with one attached hydrogen (secondary N) is 1. The van der Waals surface area contributed by atoms with Crippen LogP contribution < -0.4 is 5.09 Å². The van der Waals surface area contributed by atoms with Crippen LogP contribution in [0.3, 0.4) is 0 Å². The van der Waals surface area contributed by atoms with Gasteiger partial charge in [-0.2, -0.15) is 23.5 Å². The van der Waals surface area contributed by atoms with Crippen LogP contribution in [0.5, 0.6) is 0 Å². The van der Waals surface area contributed by atoms with Gasteiger partial charge in [0.05, 0.1) is 47.4 Å². The van der Waals surface area contributed by atoms with Gasteiger partial charge in [-0.3, -0.25) is 9.05 Å². The Bertz CT molecular complexity index is 659. The Balaban J connectivity index is 3.80. The van der Waals surface area contributed by atoms with Gasteiger partial charge in [-0.1, -0.05) is 116 Å². The zero-order valence-electron chi connectivity index (χ0n) is 32.8. The molecule has 0 unspecified atom stereocenters. The third-order valence-electron chi connectivity index (χ3n) is 8.87. The molecule has 10 heteroatoms. The van der Waals surface area contributed by atoms with Gasteiger partial charge < -0.3 is 14.7 Å². The molecule has 0 aromatic heterocycles. The average molecular weight is 756 g/mol. The molecule has 0 aromatic rings. The first-order chi connectivity index (χ1) is 23.8. The number of aliphatic hydroxyl groups is 2. The molecule has 0 aliphatic carbocycles. The molecule has 0 saturated heterocycles. The van der Waals surface area contributed by atoms with Crippen molar-refractivity contribution >= 4 is 31.3 Å². The highest BCUT2D eigenvalue weighted by molar-refractivity contribution is 7.99. The number of likely N-dealkylation sites (N-methyl/N-ethyl adjacent to an activating group) is 1. The van der Waals surface area contributed by atoms with Gasteiger partial charge in [-0.05, 0) is 74.4 Å². The quantitative estimate of drug-likeness (QED) is 0.0322. The molecule has 0 rings (SSSR count). The van der Waals surface area contributed by atoms with Crippen LogP contribution in [-0.4, -0.2) is 98.4 Å². The molecule has 0 saturated carbocycles. The van der Waals surface area contributed by atoms with Gasteiger partial charge in [0.15, 0.2) is 0 Å². The van der Waals surface area contributed by atoms with E-state index in [1.165, 1.54) is 151 Å². The first-order valence-electron chi connectivity index (χ1n) is 20.6. The number of unbranched alkanes of at least 4 members (excludes halogenated alkanes) is 22. The molecule has 0 heterocycles. The molecule has 0 atom stereocenters. The van der Waals surface area contributed by atoms with E-state index in [2.05, 4.69) is 49.8 Å². The van der Waals surface area contributed by atoms with Gasteiger partial charge in [0.25, 0.3) is 0 Å². The Hall–Kier alpha value is 0.690. The van der Waals surface area contributed by atoms with E-state index in [0.717, 1.165) is 49.6 Å². The van der Waals surface area contributed by atoms with E-state index in [-0.39, 0.29) is 0 Å². The van der Waals surface area contributed by atoms with Crippen molar-refractivity contribution in [1.29, 1.82) is 0 Å². The third kappa shape index (κ3) is 41.3. The fourth-order valence-corrected chi connectivity index (χ4v) is 9.06. The largest absolute Gasteiger partial charge is 0.405 e. The van der Waals surface area contributed by atoms with E-state index in [4.69, 9.17) is 19.3 Å². The highest BCUT2D eigenvalue weighted by Gasteiger charge is 2.25. The zero-order chi connectivity index (χ0) is 36.0. The second-order valence-corrected chi connectivity index (χ2v) is 19.2. The number of rotatable bonds is 42. The normalized spacial score (nSPS) is 12.3. The summed E-state index contributed by atoms with van der Waals surface area (Å²) in [5.74, 6) is 5.15. The number of hydrogen-bond donors (Lipinski definition) is 3. The SMILES string of the molecule is C[N+](C)(C)CCNP(=O)(OCCCCCCCCCCCSCCCCCCO)OCCCCCCCCCCCSCCCCCCO. The van der Waals surface area contributed by atoms with E-state index in [1.807, 2.05) is 0 Å². The predicted octanol–water partition coefficient (Wildman–Crippen LogP) is 11.0. The number of quaternary nitrogens is 1. The minimum atomic E-state index is -3.27. The molecule has 0 radical (unpaired) electrons. The number of aliphatic hydroxyl groups excluding tert-OH is 2. The molecular formula is C39H84N2O5PS2+. The molecule has 0 aliphatic rings. The maximum atomic E-state index is 13.5. The summed E-state index contributed by atoms with van der Waals surface area (Å²) in [6.45, 7) is 3.16. The minimum absolute atomic E-state index is 0.340. The standard InChI is InChI=1S/C39H84N2O5PS2/c1-41(2,3)31-30-40-47(44,45-34-24-16-10-6-4-8-12-18-26-36-48-38-28-20-14-22-32-42)46-35-25-17-11-7-5-9-13-19-27-37-49-39-29-21-15-23-33-43/h42-43H,4-39H2,1-3H3,(H,40,44)/q+1. The smallest absolute Gasteiger partial charge is 0.396 e. The lowest BCUT2D eigenvalue weighted by atomic mass is 10.1. The number of hydrogen-bond acceptors (Lipinski definition) is 7. The molecule has 296 valence electrons. The lowest BCUT2D eigenvalue weighted by molar-refractivity contribution is -0.869. The summed E-state index contributed by atoms with van der Waals surface area (Å²) >= 11 is 4.20. The third-order valence-corrected chi connectivity index (χ3v) is 12.8. The maximum Gasteiger partial charge on any atom is 0.405 e. The van der Waals surface area contributed by atoms with Crippen molar-refractivity contribution < 1.29 is 28.3 Å². The molecule has 0 aliphatic heterocycles. The summed E-state index contributed by atoms with van der Waals surface area (Å²) in [5, 5.41) is 20.8. The molecular weight excluding hydrogens is 672 g/mol. The highest BCUT2D eigenvalue weighted by atomic mass is 32.2. The van der Waals surface area contributed by atoms with Gasteiger partial charge in [0.2, 0.25) is 0 Å². The van der Waals surface area contributed by atoms with E-state index < -0.39 is 7.75 Å². The van der Waals surface area contributed by atoms with Gasteiger partial charge in [-0.15, -0.1) is 0 Å². The van der Waals surface area contributed by atoms with Crippen LogP contribution in [0.1, 0.15) is 167 Å². The van der Waals surface area contributed by atoms with Crippen molar-refractivity contribution in [1.82, 2.24) is 5.09 Å². The molecule has 3 N–H and O–H groups in total. The van der Waals surface area contributed by atoms with E-state index in [0.29, 0.717) is 33.0 Å². The first kappa shape index (κ1) is 49.7. The Morgan fingerprint density at radius 2 is 0.755 bits per heavy atom. The van der Waals surface area contributed by atoms with Crippen LogP contribution in [0.2, 0.25) is 0 Å². The van der Waals surface area contributed by atoms with Crippen molar-refractivity contribution in [3.63, 3.8) is 0 Å². The van der Waals surface area contributed by atoms with E-state index in [1.54, 1.807) is 0 Å². The molecule has 0 fully saturated rings. The predicted molar refractivity (Wildman–Crippen MR) is 219 cm³/mol. The lowest BCUT2D eigenvalue weighted by Crippen LogP contribution is -2.40. The van der Waals surface area contributed by atoms with Crippen LogP contribution in [0.15, 0.2) is 0 Å². The van der Waals surface area contributed by atoms with Crippen LogP contribution >= 0.6 is 31.3 Å². The Labute approximate surface area is 314 Å². The van der Waals surface area contributed by atoms with Crippen molar-refractivity contribution in [2.45, 2.75) is 167 Å². The fourth-order valence-electron chi connectivity index (χ4n) is 5.65. The lowest BCUT2D eigenvalue weighted by Gasteiger charge is -2.25. The van der Waals surface area contributed by atoms with Crippen LogP contribution in [0, 0.1) is 0 Å². The molecule has 0 spiro atoms. The maximum absolute atomic E-state index is 13.5. The van der Waals surface area contributed by atoms with Gasteiger partial charge >= 0.3 is 7.75 Å². The fraction of sp³-hybridized carbons (Fsp3) is 1.00.